The first-order chi connectivity index (χ1) is 13.3. The average Bonchev–Trinajstić information content (AvgIpc) is 3.25. The van der Waals surface area contributed by atoms with Crippen molar-refractivity contribution < 1.29 is 4.42 Å². The second-order valence-electron chi connectivity index (χ2n) is 6.43. The summed E-state index contributed by atoms with van der Waals surface area (Å²) in [6.45, 7) is 0. The van der Waals surface area contributed by atoms with Crippen molar-refractivity contribution in [3.05, 3.63) is 72.0 Å². The van der Waals surface area contributed by atoms with E-state index in [1.807, 2.05) is 24.3 Å². The molecule has 0 fully saturated rings. The summed E-state index contributed by atoms with van der Waals surface area (Å²) in [4.78, 5) is 8.92. The lowest BCUT2D eigenvalue weighted by molar-refractivity contribution is 0.667. The Bertz CT molecular complexity index is 1500. The van der Waals surface area contributed by atoms with E-state index in [4.69, 9.17) is 16.0 Å². The average molecular weight is 387 g/mol. The molecule has 3 aromatic heterocycles. The Kier molecular flexibility index (Phi) is 3.10. The Morgan fingerprint density at radius 2 is 1.56 bits per heavy atom. The van der Waals surface area contributed by atoms with Crippen molar-refractivity contribution in [2.75, 3.05) is 0 Å². The maximum absolute atomic E-state index is 6.26. The third-order valence-corrected chi connectivity index (χ3v) is 6.16. The number of aromatic nitrogens is 2. The van der Waals surface area contributed by atoms with Crippen molar-refractivity contribution in [3.63, 3.8) is 0 Å². The van der Waals surface area contributed by atoms with Crippen LogP contribution >= 0.6 is 22.9 Å². The molecule has 0 unspecified atom stereocenters. The predicted octanol–water partition coefficient (Wildman–Crippen LogP) is 7.06. The van der Waals surface area contributed by atoms with E-state index < -0.39 is 0 Å². The number of furan rings is 1. The number of hydrogen-bond acceptors (Lipinski definition) is 4. The fraction of sp³-hybridized carbons (Fsp3) is 0. The molecule has 0 aliphatic rings. The second kappa shape index (κ2) is 5.52. The van der Waals surface area contributed by atoms with E-state index in [1.165, 1.54) is 20.2 Å². The van der Waals surface area contributed by atoms with Gasteiger partial charge >= 0.3 is 0 Å². The van der Waals surface area contributed by atoms with E-state index in [0.717, 1.165) is 27.7 Å². The zero-order valence-corrected chi connectivity index (χ0v) is 15.5. The molecule has 128 valence electrons. The molecule has 0 saturated heterocycles. The van der Waals surface area contributed by atoms with Crippen LogP contribution in [0.15, 0.2) is 71.1 Å². The molecule has 6 aromatic rings. The van der Waals surface area contributed by atoms with Gasteiger partial charge in [-0.05, 0) is 41.9 Å². The summed E-state index contributed by atoms with van der Waals surface area (Å²) in [6, 6.07) is 22.7. The van der Waals surface area contributed by atoms with E-state index in [9.17, 15) is 0 Å². The lowest BCUT2D eigenvalue weighted by Crippen LogP contribution is -1.89. The first kappa shape index (κ1) is 15.1. The molecule has 6 rings (SSSR count). The summed E-state index contributed by atoms with van der Waals surface area (Å²) >= 11 is 8.06. The van der Waals surface area contributed by atoms with Gasteiger partial charge in [0.15, 0.2) is 5.58 Å². The van der Waals surface area contributed by atoms with E-state index in [1.54, 1.807) is 11.3 Å². The molecule has 0 radical (unpaired) electrons. The number of rotatable bonds is 1. The minimum absolute atomic E-state index is 0.222. The molecule has 27 heavy (non-hydrogen) atoms. The normalized spacial score (nSPS) is 11.9. The number of thiophene rings is 1. The molecule has 0 aliphatic carbocycles. The smallest absolute Gasteiger partial charge is 0.223 e. The maximum atomic E-state index is 6.26. The molecular formula is C22H11ClN2OS. The molecule has 0 aliphatic heterocycles. The van der Waals surface area contributed by atoms with Crippen molar-refractivity contribution in [2.24, 2.45) is 0 Å². The standard InChI is InChI=1S/C22H11ClN2OS/c23-22-24-19(21-20(25-22)14-6-1-3-7-16(14)26-21)12-9-10-18-15(11-12)13-5-2-4-8-17(13)27-18/h1-11H. The van der Waals surface area contributed by atoms with Crippen LogP contribution < -0.4 is 0 Å². The fourth-order valence-corrected chi connectivity index (χ4v) is 4.89. The van der Waals surface area contributed by atoms with E-state index in [-0.39, 0.29) is 5.28 Å². The van der Waals surface area contributed by atoms with Gasteiger partial charge in [0.05, 0.1) is 0 Å². The third kappa shape index (κ3) is 2.21. The minimum atomic E-state index is 0.222. The van der Waals surface area contributed by atoms with Crippen molar-refractivity contribution in [3.8, 4) is 11.3 Å². The van der Waals surface area contributed by atoms with Gasteiger partial charge in [-0.15, -0.1) is 11.3 Å². The number of halogens is 1. The molecule has 0 N–H and O–H groups in total. The fourth-order valence-electron chi connectivity index (χ4n) is 3.63. The van der Waals surface area contributed by atoms with Gasteiger partial charge in [0.1, 0.15) is 16.8 Å². The minimum Gasteiger partial charge on any atom is -0.452 e. The van der Waals surface area contributed by atoms with Gasteiger partial charge in [0.2, 0.25) is 5.28 Å². The van der Waals surface area contributed by atoms with Crippen molar-refractivity contribution in [1.29, 1.82) is 0 Å². The number of nitrogens with zero attached hydrogens (tertiary/aromatic N) is 2. The van der Waals surface area contributed by atoms with Crippen LogP contribution in [0.3, 0.4) is 0 Å². The molecule has 0 bridgehead atoms. The lowest BCUT2D eigenvalue weighted by atomic mass is 10.1. The third-order valence-electron chi connectivity index (χ3n) is 4.84. The predicted molar refractivity (Wildman–Crippen MR) is 113 cm³/mol. The van der Waals surface area contributed by atoms with Gasteiger partial charge in [0.25, 0.3) is 0 Å². The molecule has 0 saturated carbocycles. The van der Waals surface area contributed by atoms with Crippen LogP contribution in [0.5, 0.6) is 0 Å². The summed E-state index contributed by atoms with van der Waals surface area (Å²) in [5.41, 5.74) is 3.89. The number of para-hydroxylation sites is 1. The Labute approximate surface area is 162 Å². The van der Waals surface area contributed by atoms with Gasteiger partial charge in [-0.2, -0.15) is 0 Å². The Balaban J connectivity index is 1.70. The van der Waals surface area contributed by atoms with Crippen LogP contribution in [0.25, 0.3) is 53.5 Å². The quantitative estimate of drug-likeness (QED) is 0.284. The highest BCUT2D eigenvalue weighted by Crippen LogP contribution is 2.39. The zero-order valence-electron chi connectivity index (χ0n) is 13.9. The highest BCUT2D eigenvalue weighted by Gasteiger charge is 2.17. The van der Waals surface area contributed by atoms with Crippen molar-refractivity contribution in [1.82, 2.24) is 9.97 Å². The Morgan fingerprint density at radius 3 is 2.48 bits per heavy atom. The van der Waals surface area contributed by atoms with Gasteiger partial charge in [-0.3, -0.25) is 0 Å². The van der Waals surface area contributed by atoms with Crippen molar-refractivity contribution in [2.45, 2.75) is 0 Å². The highest BCUT2D eigenvalue weighted by atomic mass is 35.5. The largest absolute Gasteiger partial charge is 0.452 e. The maximum Gasteiger partial charge on any atom is 0.223 e. The summed E-state index contributed by atoms with van der Waals surface area (Å²) in [7, 11) is 0. The molecule has 3 heterocycles. The first-order valence-electron chi connectivity index (χ1n) is 8.54. The topological polar surface area (TPSA) is 38.9 Å². The monoisotopic (exact) mass is 386 g/mol. The number of benzene rings is 3. The summed E-state index contributed by atoms with van der Waals surface area (Å²) in [5, 5.41) is 3.63. The first-order valence-corrected chi connectivity index (χ1v) is 9.74. The SMILES string of the molecule is Clc1nc(-c2ccc3sc4ccccc4c3c2)c2oc3ccccc3c2n1. The lowest BCUT2D eigenvalue weighted by Gasteiger charge is -2.03. The van der Waals surface area contributed by atoms with Gasteiger partial charge in [-0.1, -0.05) is 36.4 Å². The molecule has 0 spiro atoms. The van der Waals surface area contributed by atoms with Crippen LogP contribution in [0.2, 0.25) is 5.28 Å². The van der Waals surface area contributed by atoms with Crippen LogP contribution in [0.1, 0.15) is 0 Å². The van der Waals surface area contributed by atoms with Crippen LogP contribution in [-0.4, -0.2) is 9.97 Å². The Hall–Kier alpha value is -2.95. The molecule has 3 aromatic carbocycles. The molecule has 3 nitrogen and oxygen atoms in total. The summed E-state index contributed by atoms with van der Waals surface area (Å²) < 4.78 is 8.62. The molecular weight excluding hydrogens is 376 g/mol. The highest BCUT2D eigenvalue weighted by molar-refractivity contribution is 7.25. The van der Waals surface area contributed by atoms with E-state index >= 15 is 0 Å². The zero-order chi connectivity index (χ0) is 18.0. The second-order valence-corrected chi connectivity index (χ2v) is 7.85. The van der Waals surface area contributed by atoms with Crippen LogP contribution in [0.4, 0.5) is 0 Å². The summed E-state index contributed by atoms with van der Waals surface area (Å²) in [5.74, 6) is 0. The van der Waals surface area contributed by atoms with Gasteiger partial charge in [0, 0.05) is 31.1 Å². The van der Waals surface area contributed by atoms with Gasteiger partial charge < -0.3 is 4.42 Å². The van der Waals surface area contributed by atoms with Crippen LogP contribution in [-0.2, 0) is 0 Å². The van der Waals surface area contributed by atoms with Crippen molar-refractivity contribution >= 4 is 65.2 Å². The molecule has 0 atom stereocenters. The Morgan fingerprint density at radius 1 is 0.778 bits per heavy atom. The van der Waals surface area contributed by atoms with Crippen LogP contribution in [0, 0.1) is 0 Å². The number of hydrogen-bond donors (Lipinski definition) is 0. The van der Waals surface area contributed by atoms with E-state index in [0.29, 0.717) is 5.58 Å². The molecule has 5 heteroatoms. The number of fused-ring (bicyclic) bond motifs is 6. The summed E-state index contributed by atoms with van der Waals surface area (Å²) in [6.07, 6.45) is 0. The molecule has 0 amide bonds. The van der Waals surface area contributed by atoms with Gasteiger partial charge in [-0.25, -0.2) is 9.97 Å². The van der Waals surface area contributed by atoms with E-state index in [2.05, 4.69) is 52.4 Å².